The van der Waals surface area contributed by atoms with Crippen molar-refractivity contribution in [1.29, 1.82) is 0 Å². The number of nitrogens with zero attached hydrogens (tertiary/aromatic N) is 1. The third-order valence-corrected chi connectivity index (χ3v) is 6.79. The van der Waals surface area contributed by atoms with Gasteiger partial charge in [-0.15, -0.1) is 0 Å². The van der Waals surface area contributed by atoms with E-state index in [-0.39, 0.29) is 11.8 Å². The van der Waals surface area contributed by atoms with E-state index in [1.54, 1.807) is 0 Å². The molecule has 0 aromatic rings. The summed E-state index contributed by atoms with van der Waals surface area (Å²) in [4.78, 5) is 23.3. The predicted octanol–water partition coefficient (Wildman–Crippen LogP) is 3.48. The lowest BCUT2D eigenvalue weighted by Gasteiger charge is -2.31. The molecular formula is C14H25NO2Si. The summed E-state index contributed by atoms with van der Waals surface area (Å²) in [6.45, 7) is 6.44. The topological polar surface area (TPSA) is 37.4 Å². The number of amides is 2. The molecule has 1 aliphatic heterocycles. The quantitative estimate of drug-likeness (QED) is 0.383. The molecule has 0 bridgehead atoms. The molecule has 0 spiro atoms. The molecule has 0 N–H and O–H groups in total. The number of hydrogen-bond acceptors (Lipinski definition) is 2. The fourth-order valence-electron chi connectivity index (χ4n) is 2.45. The summed E-state index contributed by atoms with van der Waals surface area (Å²) in [5.74, 6) is -0.217. The maximum atomic E-state index is 11.7. The van der Waals surface area contributed by atoms with E-state index in [4.69, 9.17) is 0 Å². The fraction of sp³-hybridized carbons (Fsp3) is 0.714. The first-order valence-electron chi connectivity index (χ1n) is 7.05. The number of carbonyl (C=O) groups is 2. The van der Waals surface area contributed by atoms with Gasteiger partial charge in [0, 0.05) is 12.2 Å². The van der Waals surface area contributed by atoms with Crippen LogP contribution in [0.1, 0.15) is 45.4 Å². The maximum absolute atomic E-state index is 11.7. The zero-order valence-corrected chi connectivity index (χ0v) is 12.9. The zero-order chi connectivity index (χ0) is 13.6. The van der Waals surface area contributed by atoms with E-state index in [0.717, 1.165) is 12.5 Å². The van der Waals surface area contributed by atoms with E-state index in [1.165, 1.54) is 48.8 Å². The van der Waals surface area contributed by atoms with Crippen LogP contribution >= 0.6 is 0 Å². The first-order valence-corrected chi connectivity index (χ1v) is 10.2. The van der Waals surface area contributed by atoms with Crippen molar-refractivity contribution in [2.45, 2.75) is 64.6 Å². The van der Waals surface area contributed by atoms with Crippen LogP contribution in [-0.4, -0.2) is 24.6 Å². The molecule has 3 nitrogen and oxygen atoms in total. The van der Waals surface area contributed by atoms with Gasteiger partial charge in [0.2, 0.25) is 11.8 Å². The Morgan fingerprint density at radius 1 is 0.944 bits per heavy atom. The van der Waals surface area contributed by atoms with E-state index in [9.17, 15) is 9.59 Å². The van der Waals surface area contributed by atoms with E-state index < -0.39 is 8.24 Å². The molecule has 1 aliphatic rings. The fourth-order valence-corrected chi connectivity index (χ4v) is 5.13. The van der Waals surface area contributed by atoms with Crippen LogP contribution < -0.4 is 0 Å². The van der Waals surface area contributed by atoms with Crippen molar-refractivity contribution in [3.8, 4) is 0 Å². The van der Waals surface area contributed by atoms with Crippen LogP contribution in [0.2, 0.25) is 19.1 Å². The lowest BCUT2D eigenvalue weighted by atomic mass is 10.1. The highest BCUT2D eigenvalue weighted by Gasteiger charge is 2.38. The molecular weight excluding hydrogens is 242 g/mol. The molecule has 0 fully saturated rings. The molecule has 0 aliphatic carbocycles. The van der Waals surface area contributed by atoms with E-state index in [0.29, 0.717) is 0 Å². The van der Waals surface area contributed by atoms with Crippen LogP contribution in [0, 0.1) is 0 Å². The molecule has 0 aromatic heterocycles. The lowest BCUT2D eigenvalue weighted by molar-refractivity contribution is -0.131. The summed E-state index contributed by atoms with van der Waals surface area (Å²) in [5, 5.41) is 0. The Kier molecular flexibility index (Phi) is 5.79. The smallest absolute Gasteiger partial charge is 0.245 e. The Morgan fingerprint density at radius 3 is 2.00 bits per heavy atom. The summed E-state index contributed by atoms with van der Waals surface area (Å²) in [6.07, 6.45) is 10.3. The second kappa shape index (κ2) is 6.88. The summed E-state index contributed by atoms with van der Waals surface area (Å²) < 4.78 is 1.53. The monoisotopic (exact) mass is 267 g/mol. The number of carbonyl (C=O) groups excluding carboxylic acids is 2. The van der Waals surface area contributed by atoms with Crippen LogP contribution in [-0.2, 0) is 9.59 Å². The molecule has 0 aromatic carbocycles. The van der Waals surface area contributed by atoms with Gasteiger partial charge in [-0.25, -0.2) is 0 Å². The highest BCUT2D eigenvalue weighted by molar-refractivity contribution is 6.79. The van der Waals surface area contributed by atoms with Gasteiger partial charge in [0.05, 0.1) is 0 Å². The summed E-state index contributed by atoms with van der Waals surface area (Å²) in [7, 11) is -1.89. The van der Waals surface area contributed by atoms with Gasteiger partial charge >= 0.3 is 0 Å². The van der Waals surface area contributed by atoms with E-state index >= 15 is 0 Å². The zero-order valence-electron chi connectivity index (χ0n) is 11.9. The number of rotatable bonds is 8. The second-order valence-electron chi connectivity index (χ2n) is 5.68. The number of unbranched alkanes of at least 4 members (excludes halogenated alkanes) is 5. The molecule has 18 heavy (non-hydrogen) atoms. The van der Waals surface area contributed by atoms with Crippen LogP contribution in [0.4, 0.5) is 0 Å². The van der Waals surface area contributed by atoms with Crippen molar-refractivity contribution in [2.75, 3.05) is 0 Å². The first kappa shape index (κ1) is 15.2. The molecule has 4 heteroatoms. The summed E-state index contributed by atoms with van der Waals surface area (Å²) in [6, 6.07) is 1.03. The molecule has 0 saturated carbocycles. The van der Waals surface area contributed by atoms with E-state index in [2.05, 4.69) is 20.0 Å². The molecule has 0 saturated heterocycles. The average molecular weight is 267 g/mol. The molecule has 0 atom stereocenters. The Labute approximate surface area is 111 Å². The summed E-state index contributed by atoms with van der Waals surface area (Å²) in [5.41, 5.74) is 0. The van der Waals surface area contributed by atoms with Crippen LogP contribution in [0.25, 0.3) is 0 Å². The predicted molar refractivity (Wildman–Crippen MR) is 76.7 cm³/mol. The largest absolute Gasteiger partial charge is 0.305 e. The lowest BCUT2D eigenvalue weighted by Crippen LogP contribution is -2.51. The Hall–Kier alpha value is -0.903. The SMILES string of the molecule is CCCCCCCC[Si](C)(C)N1C(=O)C=CC1=O. The Balaban J connectivity index is 2.31. The number of imide groups is 1. The van der Waals surface area contributed by atoms with Crippen LogP contribution in [0.5, 0.6) is 0 Å². The first-order chi connectivity index (χ1) is 8.49. The molecule has 0 radical (unpaired) electrons. The molecule has 1 rings (SSSR count). The van der Waals surface area contributed by atoms with Gasteiger partial charge in [-0.1, -0.05) is 58.5 Å². The van der Waals surface area contributed by atoms with E-state index in [1.807, 2.05) is 0 Å². The van der Waals surface area contributed by atoms with Crippen molar-refractivity contribution in [3.63, 3.8) is 0 Å². The normalized spacial score (nSPS) is 15.8. The molecule has 2 amide bonds. The van der Waals surface area contributed by atoms with Crippen LogP contribution in [0.3, 0.4) is 0 Å². The van der Waals surface area contributed by atoms with Gasteiger partial charge in [-0.3, -0.25) is 9.59 Å². The van der Waals surface area contributed by atoms with Crippen molar-refractivity contribution in [3.05, 3.63) is 12.2 Å². The van der Waals surface area contributed by atoms with Crippen molar-refractivity contribution in [1.82, 2.24) is 4.57 Å². The minimum absolute atomic E-state index is 0.109. The van der Waals surface area contributed by atoms with Crippen molar-refractivity contribution in [2.24, 2.45) is 0 Å². The second-order valence-corrected chi connectivity index (χ2v) is 10.2. The standard InChI is InChI=1S/C14H25NO2Si/c1-4-5-6-7-8-9-12-18(2,3)15-13(16)10-11-14(15)17/h10-11H,4-9,12H2,1-3H3. The van der Waals surface area contributed by atoms with Gasteiger partial charge < -0.3 is 4.57 Å². The molecule has 1 heterocycles. The molecule has 0 unspecified atom stereocenters. The minimum atomic E-state index is -1.89. The van der Waals surface area contributed by atoms with Gasteiger partial charge in [-0.05, 0) is 6.04 Å². The Morgan fingerprint density at radius 2 is 1.44 bits per heavy atom. The average Bonchev–Trinajstić information content (AvgIpc) is 2.64. The molecule has 102 valence electrons. The third kappa shape index (κ3) is 4.09. The van der Waals surface area contributed by atoms with Crippen molar-refractivity contribution < 1.29 is 9.59 Å². The minimum Gasteiger partial charge on any atom is -0.305 e. The highest BCUT2D eigenvalue weighted by atomic mass is 28.3. The van der Waals surface area contributed by atoms with Crippen molar-refractivity contribution >= 4 is 20.0 Å². The van der Waals surface area contributed by atoms with Gasteiger partial charge in [0.15, 0.2) is 8.24 Å². The van der Waals surface area contributed by atoms with Crippen LogP contribution in [0.15, 0.2) is 12.2 Å². The number of hydrogen-bond donors (Lipinski definition) is 0. The van der Waals surface area contributed by atoms with Gasteiger partial charge in [0.1, 0.15) is 0 Å². The third-order valence-electron chi connectivity index (χ3n) is 3.56. The Bertz CT molecular complexity index is 319. The maximum Gasteiger partial charge on any atom is 0.245 e. The highest BCUT2D eigenvalue weighted by Crippen LogP contribution is 2.23. The summed E-state index contributed by atoms with van der Waals surface area (Å²) >= 11 is 0. The van der Waals surface area contributed by atoms with Gasteiger partial charge in [-0.2, -0.15) is 0 Å². The van der Waals surface area contributed by atoms with Gasteiger partial charge in [0.25, 0.3) is 0 Å².